The summed E-state index contributed by atoms with van der Waals surface area (Å²) in [6, 6.07) is 4.67. The van der Waals surface area contributed by atoms with Crippen molar-refractivity contribution in [2.75, 3.05) is 19.6 Å². The fraction of sp³-hybridized carbons (Fsp3) is 0.429. The van der Waals surface area contributed by atoms with E-state index in [1.807, 2.05) is 0 Å². The van der Waals surface area contributed by atoms with Gasteiger partial charge in [0, 0.05) is 24.7 Å². The third kappa shape index (κ3) is 4.49. The SMILES string of the molecule is Cl.NCC1CCCN1C(=O)CNC(=O)c1ccc(Cl)c(Cl)c1. The number of nitrogens with two attached hydrogens (primary N) is 1. The zero-order valence-corrected chi connectivity index (χ0v) is 14.2. The number of rotatable bonds is 4. The first-order valence-electron chi connectivity index (χ1n) is 6.75. The van der Waals surface area contributed by atoms with E-state index in [0.29, 0.717) is 28.7 Å². The molecular formula is C14H18Cl3N3O2. The average Bonchev–Trinajstić information content (AvgIpc) is 2.95. The van der Waals surface area contributed by atoms with E-state index in [9.17, 15) is 9.59 Å². The Morgan fingerprint density at radius 3 is 2.68 bits per heavy atom. The molecule has 0 radical (unpaired) electrons. The number of nitrogens with zero attached hydrogens (tertiary/aromatic N) is 1. The predicted molar refractivity (Wildman–Crippen MR) is 89.8 cm³/mol. The maximum atomic E-state index is 12.1. The van der Waals surface area contributed by atoms with Gasteiger partial charge < -0.3 is 16.0 Å². The lowest BCUT2D eigenvalue weighted by atomic mass is 10.2. The maximum Gasteiger partial charge on any atom is 0.251 e. The van der Waals surface area contributed by atoms with Gasteiger partial charge >= 0.3 is 0 Å². The molecule has 2 amide bonds. The van der Waals surface area contributed by atoms with Gasteiger partial charge in [0.1, 0.15) is 0 Å². The van der Waals surface area contributed by atoms with Crippen molar-refractivity contribution in [2.45, 2.75) is 18.9 Å². The molecule has 0 saturated carbocycles. The van der Waals surface area contributed by atoms with Crippen LogP contribution in [0, 0.1) is 0 Å². The van der Waals surface area contributed by atoms with Crippen LogP contribution in [0.25, 0.3) is 0 Å². The molecule has 1 fully saturated rings. The molecule has 22 heavy (non-hydrogen) atoms. The van der Waals surface area contributed by atoms with Crippen molar-refractivity contribution in [3.05, 3.63) is 33.8 Å². The third-order valence-electron chi connectivity index (χ3n) is 3.55. The lowest BCUT2D eigenvalue weighted by Crippen LogP contribution is -2.45. The van der Waals surface area contributed by atoms with Crippen molar-refractivity contribution in [3.8, 4) is 0 Å². The predicted octanol–water partition coefficient (Wildman–Crippen LogP) is 2.09. The van der Waals surface area contributed by atoms with Crippen LogP contribution in [0.4, 0.5) is 0 Å². The highest BCUT2D eigenvalue weighted by molar-refractivity contribution is 6.42. The number of likely N-dealkylation sites (tertiary alicyclic amines) is 1. The minimum absolute atomic E-state index is 0. The molecule has 2 rings (SSSR count). The molecule has 1 aromatic carbocycles. The molecule has 5 nitrogen and oxygen atoms in total. The van der Waals surface area contributed by atoms with Crippen LogP contribution in [-0.4, -0.2) is 42.4 Å². The summed E-state index contributed by atoms with van der Waals surface area (Å²) in [6.07, 6.45) is 1.87. The van der Waals surface area contributed by atoms with Gasteiger partial charge in [0.05, 0.1) is 16.6 Å². The van der Waals surface area contributed by atoms with Crippen molar-refractivity contribution in [1.82, 2.24) is 10.2 Å². The van der Waals surface area contributed by atoms with E-state index in [4.69, 9.17) is 28.9 Å². The van der Waals surface area contributed by atoms with E-state index in [0.717, 1.165) is 12.8 Å². The summed E-state index contributed by atoms with van der Waals surface area (Å²) in [5.74, 6) is -0.471. The highest BCUT2D eigenvalue weighted by Crippen LogP contribution is 2.22. The highest BCUT2D eigenvalue weighted by atomic mass is 35.5. The number of nitrogens with one attached hydrogen (secondary N) is 1. The highest BCUT2D eigenvalue weighted by Gasteiger charge is 2.27. The van der Waals surface area contributed by atoms with Crippen molar-refractivity contribution in [2.24, 2.45) is 5.73 Å². The van der Waals surface area contributed by atoms with Gasteiger partial charge in [-0.25, -0.2) is 0 Å². The molecular weight excluding hydrogens is 349 g/mol. The lowest BCUT2D eigenvalue weighted by Gasteiger charge is -2.23. The Balaban J connectivity index is 0.00000242. The van der Waals surface area contributed by atoms with Gasteiger partial charge in [-0.1, -0.05) is 23.2 Å². The molecule has 3 N–H and O–H groups in total. The Bertz CT molecular complexity index is 554. The average molecular weight is 367 g/mol. The Morgan fingerprint density at radius 2 is 2.05 bits per heavy atom. The molecule has 0 aliphatic carbocycles. The minimum Gasteiger partial charge on any atom is -0.343 e. The Labute approximate surface area is 145 Å². The first kappa shape index (κ1) is 19.0. The van der Waals surface area contributed by atoms with Crippen LogP contribution in [0.5, 0.6) is 0 Å². The summed E-state index contributed by atoms with van der Waals surface area (Å²) in [5, 5.41) is 3.28. The lowest BCUT2D eigenvalue weighted by molar-refractivity contribution is -0.130. The summed E-state index contributed by atoms with van der Waals surface area (Å²) < 4.78 is 0. The van der Waals surface area contributed by atoms with Gasteiger partial charge in [0.15, 0.2) is 0 Å². The molecule has 0 bridgehead atoms. The molecule has 1 saturated heterocycles. The van der Waals surface area contributed by atoms with Crippen LogP contribution in [0.1, 0.15) is 23.2 Å². The van der Waals surface area contributed by atoms with Crippen LogP contribution in [0.3, 0.4) is 0 Å². The summed E-state index contributed by atoms with van der Waals surface area (Å²) in [5.41, 5.74) is 6.00. The third-order valence-corrected chi connectivity index (χ3v) is 4.29. The van der Waals surface area contributed by atoms with Crippen molar-refractivity contribution < 1.29 is 9.59 Å². The van der Waals surface area contributed by atoms with Crippen molar-refractivity contribution in [1.29, 1.82) is 0 Å². The summed E-state index contributed by atoms with van der Waals surface area (Å²) in [6.45, 7) is 1.10. The number of amides is 2. The zero-order chi connectivity index (χ0) is 15.4. The fourth-order valence-corrected chi connectivity index (χ4v) is 2.70. The second-order valence-electron chi connectivity index (χ2n) is 4.93. The minimum atomic E-state index is -0.356. The van der Waals surface area contributed by atoms with Gasteiger partial charge in [-0.2, -0.15) is 0 Å². The molecule has 122 valence electrons. The first-order chi connectivity index (χ1) is 10.0. The van der Waals surface area contributed by atoms with E-state index < -0.39 is 0 Å². The van der Waals surface area contributed by atoms with Crippen LogP contribution in [-0.2, 0) is 4.79 Å². The Morgan fingerprint density at radius 1 is 1.32 bits per heavy atom. The van der Waals surface area contributed by atoms with E-state index in [-0.39, 0.29) is 36.8 Å². The molecule has 1 aliphatic heterocycles. The fourth-order valence-electron chi connectivity index (χ4n) is 2.41. The quantitative estimate of drug-likeness (QED) is 0.857. The summed E-state index contributed by atoms with van der Waals surface area (Å²) in [7, 11) is 0. The van der Waals surface area contributed by atoms with E-state index in [2.05, 4.69) is 5.32 Å². The normalized spacial score (nSPS) is 17.0. The second-order valence-corrected chi connectivity index (χ2v) is 5.74. The molecule has 1 atom stereocenters. The number of benzene rings is 1. The number of halogens is 3. The number of carbonyl (C=O) groups excluding carboxylic acids is 2. The molecule has 1 heterocycles. The van der Waals surface area contributed by atoms with Gasteiger partial charge in [-0.05, 0) is 31.0 Å². The van der Waals surface area contributed by atoms with E-state index in [1.165, 1.54) is 6.07 Å². The Kier molecular flexibility index (Phi) is 7.42. The number of carbonyl (C=O) groups is 2. The van der Waals surface area contributed by atoms with Gasteiger partial charge in [0.25, 0.3) is 5.91 Å². The molecule has 1 aromatic rings. The maximum absolute atomic E-state index is 12.1. The van der Waals surface area contributed by atoms with Crippen LogP contribution >= 0.6 is 35.6 Å². The number of hydrogen-bond acceptors (Lipinski definition) is 3. The summed E-state index contributed by atoms with van der Waals surface area (Å²) >= 11 is 11.7. The molecule has 1 aliphatic rings. The molecule has 0 spiro atoms. The second kappa shape index (κ2) is 8.58. The van der Waals surface area contributed by atoms with Crippen LogP contribution < -0.4 is 11.1 Å². The largest absolute Gasteiger partial charge is 0.343 e. The van der Waals surface area contributed by atoms with Gasteiger partial charge in [-0.15, -0.1) is 12.4 Å². The van der Waals surface area contributed by atoms with E-state index in [1.54, 1.807) is 17.0 Å². The zero-order valence-electron chi connectivity index (χ0n) is 11.9. The topological polar surface area (TPSA) is 75.4 Å². The van der Waals surface area contributed by atoms with Crippen LogP contribution in [0.2, 0.25) is 10.0 Å². The standard InChI is InChI=1S/C14H17Cl2N3O2.ClH/c15-11-4-3-9(6-12(11)16)14(21)18-8-13(20)19-5-1-2-10(19)7-17;/h3-4,6,10H,1-2,5,7-8,17H2,(H,18,21);1H. The molecule has 8 heteroatoms. The smallest absolute Gasteiger partial charge is 0.251 e. The van der Waals surface area contributed by atoms with Crippen molar-refractivity contribution >= 4 is 47.4 Å². The monoisotopic (exact) mass is 365 g/mol. The van der Waals surface area contributed by atoms with Crippen molar-refractivity contribution in [3.63, 3.8) is 0 Å². The van der Waals surface area contributed by atoms with E-state index >= 15 is 0 Å². The first-order valence-corrected chi connectivity index (χ1v) is 7.51. The van der Waals surface area contributed by atoms with Gasteiger partial charge in [0.2, 0.25) is 5.91 Å². The molecule has 1 unspecified atom stereocenters. The number of hydrogen-bond donors (Lipinski definition) is 2. The van der Waals surface area contributed by atoms with Crippen LogP contribution in [0.15, 0.2) is 18.2 Å². The van der Waals surface area contributed by atoms with Gasteiger partial charge in [-0.3, -0.25) is 9.59 Å². The summed E-state index contributed by atoms with van der Waals surface area (Å²) in [4.78, 5) is 25.8. The Hall–Kier alpha value is -1.01. The molecule has 0 aromatic heterocycles.